The molecule has 0 aliphatic heterocycles. The lowest BCUT2D eigenvalue weighted by Gasteiger charge is -2.20. The molecule has 0 spiro atoms. The topological polar surface area (TPSA) is 68.5 Å². The number of aliphatic carboxylic acids is 1. The van der Waals surface area contributed by atoms with Crippen molar-refractivity contribution in [2.75, 3.05) is 0 Å². The fourth-order valence-electron chi connectivity index (χ4n) is 5.23. The summed E-state index contributed by atoms with van der Waals surface area (Å²) in [6, 6.07) is 24.0. The molecule has 1 aromatic heterocycles. The van der Waals surface area contributed by atoms with E-state index in [-0.39, 0.29) is 18.3 Å². The second kappa shape index (κ2) is 14.0. The number of benzene rings is 3. The minimum absolute atomic E-state index is 0.0371. The van der Waals surface area contributed by atoms with Crippen molar-refractivity contribution in [3.05, 3.63) is 101 Å². The predicted molar refractivity (Wildman–Crippen MR) is 161 cm³/mol. The Bertz CT molecular complexity index is 1400. The summed E-state index contributed by atoms with van der Waals surface area (Å²) in [6.07, 6.45) is 7.86. The van der Waals surface area contributed by atoms with Crippen molar-refractivity contribution in [1.29, 1.82) is 0 Å². The van der Waals surface area contributed by atoms with Gasteiger partial charge >= 0.3 is 5.97 Å². The Balaban J connectivity index is 1.51. The van der Waals surface area contributed by atoms with Crippen LogP contribution in [0.2, 0.25) is 0 Å². The molecule has 0 fully saturated rings. The second-order valence-electron chi connectivity index (χ2n) is 11.0. The highest BCUT2D eigenvalue weighted by Gasteiger charge is 2.18. The van der Waals surface area contributed by atoms with Gasteiger partial charge in [-0.05, 0) is 73.1 Å². The van der Waals surface area contributed by atoms with Crippen LogP contribution in [0.15, 0.2) is 79.0 Å². The van der Waals surface area contributed by atoms with E-state index < -0.39 is 5.97 Å². The van der Waals surface area contributed by atoms with Gasteiger partial charge in [0.1, 0.15) is 11.9 Å². The summed E-state index contributed by atoms with van der Waals surface area (Å²) in [5.41, 5.74) is 4.68. The number of fused-ring (bicyclic) bond motifs is 1. The van der Waals surface area contributed by atoms with Gasteiger partial charge in [-0.25, -0.2) is 0 Å². The first-order valence-corrected chi connectivity index (χ1v) is 14.6. The number of carbonyl (C=O) groups is 2. The third-order valence-corrected chi connectivity index (χ3v) is 7.28. The van der Waals surface area contributed by atoms with Gasteiger partial charge in [-0.3, -0.25) is 9.59 Å². The largest absolute Gasteiger partial charge is 0.486 e. The van der Waals surface area contributed by atoms with Crippen LogP contribution >= 0.6 is 0 Å². The summed E-state index contributed by atoms with van der Waals surface area (Å²) < 4.78 is 8.47. The zero-order valence-corrected chi connectivity index (χ0v) is 23.9. The van der Waals surface area contributed by atoms with Crippen LogP contribution in [0.25, 0.3) is 10.9 Å². The number of carbonyl (C=O) groups excluding carboxylic acids is 1. The molecule has 0 saturated carbocycles. The van der Waals surface area contributed by atoms with Gasteiger partial charge in [-0.2, -0.15) is 0 Å². The molecular weight excluding hydrogens is 498 g/mol. The standard InChI is InChI=1S/C35H41NO4/c1-4-5-6-12-33(27-16-14-26(15-17-27)23-25(2)3)40-29-20-18-28(19-21-29)35(39)31-24-36(22-9-13-34(37)38)32-11-8-7-10-30(31)32/h7-8,10-11,14-21,24-25,33H,4-6,9,12-13,22-23H2,1-3H3,(H,37,38). The molecule has 0 bridgehead atoms. The number of aromatic nitrogens is 1. The van der Waals surface area contributed by atoms with E-state index in [1.165, 1.54) is 17.5 Å². The zero-order chi connectivity index (χ0) is 28.5. The molecule has 4 rings (SSSR count). The Kier molecular flexibility index (Phi) is 10.2. The minimum Gasteiger partial charge on any atom is -0.486 e. The molecule has 1 unspecified atom stereocenters. The summed E-state index contributed by atoms with van der Waals surface area (Å²) >= 11 is 0. The Morgan fingerprint density at radius 2 is 1.62 bits per heavy atom. The molecule has 0 amide bonds. The number of hydrogen-bond donors (Lipinski definition) is 1. The van der Waals surface area contributed by atoms with Gasteiger partial charge in [-0.15, -0.1) is 0 Å². The predicted octanol–water partition coefficient (Wildman–Crippen LogP) is 8.64. The first-order valence-electron chi connectivity index (χ1n) is 14.6. The number of para-hydroxylation sites is 1. The lowest BCUT2D eigenvalue weighted by Crippen LogP contribution is -2.09. The number of rotatable bonds is 15. The Hall–Kier alpha value is -3.86. The lowest BCUT2D eigenvalue weighted by atomic mass is 9.98. The van der Waals surface area contributed by atoms with Crippen LogP contribution in [0.4, 0.5) is 0 Å². The fraction of sp³-hybridized carbons (Fsp3) is 0.371. The lowest BCUT2D eigenvalue weighted by molar-refractivity contribution is -0.137. The number of ketones is 1. The van der Waals surface area contributed by atoms with Gasteiger partial charge < -0.3 is 14.4 Å². The molecule has 1 N–H and O–H groups in total. The maximum Gasteiger partial charge on any atom is 0.303 e. The van der Waals surface area contributed by atoms with Crippen molar-refractivity contribution in [2.45, 2.75) is 78.4 Å². The van der Waals surface area contributed by atoms with Crippen LogP contribution in [0, 0.1) is 5.92 Å². The summed E-state index contributed by atoms with van der Waals surface area (Å²) in [5, 5.41) is 9.88. The van der Waals surface area contributed by atoms with E-state index >= 15 is 0 Å². The van der Waals surface area contributed by atoms with E-state index in [0.717, 1.165) is 42.3 Å². The van der Waals surface area contributed by atoms with E-state index in [9.17, 15) is 9.59 Å². The van der Waals surface area contributed by atoms with E-state index in [0.29, 0.717) is 30.0 Å². The summed E-state index contributed by atoms with van der Waals surface area (Å²) in [4.78, 5) is 24.5. The molecule has 210 valence electrons. The average molecular weight is 540 g/mol. The van der Waals surface area contributed by atoms with Crippen LogP contribution < -0.4 is 4.74 Å². The first-order chi connectivity index (χ1) is 19.4. The SMILES string of the molecule is CCCCCC(Oc1ccc(C(=O)c2cn(CCCC(=O)O)c3ccccc23)cc1)c1ccc(CC(C)C)cc1. The molecule has 5 heteroatoms. The minimum atomic E-state index is -0.814. The Morgan fingerprint density at radius 3 is 2.30 bits per heavy atom. The van der Waals surface area contributed by atoms with Gasteiger partial charge in [0.15, 0.2) is 5.78 Å². The van der Waals surface area contributed by atoms with Crippen LogP contribution in [0.5, 0.6) is 5.75 Å². The number of carboxylic acid groups (broad SMARTS) is 1. The van der Waals surface area contributed by atoms with Crippen LogP contribution in [0.1, 0.15) is 92.4 Å². The number of unbranched alkanes of at least 4 members (excludes halogenated alkanes) is 2. The van der Waals surface area contributed by atoms with Crippen LogP contribution in [-0.2, 0) is 17.8 Å². The third kappa shape index (κ3) is 7.62. The molecule has 0 radical (unpaired) electrons. The van der Waals surface area contributed by atoms with Gasteiger partial charge in [0, 0.05) is 41.2 Å². The number of aryl methyl sites for hydroxylation is 1. The molecule has 1 heterocycles. The first kappa shape index (κ1) is 29.1. The molecule has 1 atom stereocenters. The monoisotopic (exact) mass is 539 g/mol. The Morgan fingerprint density at radius 1 is 0.900 bits per heavy atom. The zero-order valence-electron chi connectivity index (χ0n) is 23.9. The summed E-state index contributed by atoms with van der Waals surface area (Å²) in [6.45, 7) is 7.23. The van der Waals surface area contributed by atoms with E-state index in [1.54, 1.807) is 0 Å². The highest BCUT2D eigenvalue weighted by atomic mass is 16.5. The molecule has 3 aromatic carbocycles. The maximum absolute atomic E-state index is 13.5. The Labute approximate surface area is 237 Å². The van der Waals surface area contributed by atoms with Crippen molar-refractivity contribution in [1.82, 2.24) is 4.57 Å². The normalized spacial score (nSPS) is 12.1. The molecule has 5 nitrogen and oxygen atoms in total. The molecule has 40 heavy (non-hydrogen) atoms. The number of nitrogens with zero attached hydrogens (tertiary/aromatic N) is 1. The van der Waals surface area contributed by atoms with Crippen molar-refractivity contribution in [3.8, 4) is 5.75 Å². The van der Waals surface area contributed by atoms with Crippen molar-refractivity contribution in [2.24, 2.45) is 5.92 Å². The number of carboxylic acids is 1. The summed E-state index contributed by atoms with van der Waals surface area (Å²) in [5.74, 6) is 0.503. The number of ether oxygens (including phenoxy) is 1. The van der Waals surface area contributed by atoms with Gasteiger partial charge in [0.2, 0.25) is 0 Å². The maximum atomic E-state index is 13.5. The third-order valence-electron chi connectivity index (χ3n) is 7.28. The molecule has 0 aliphatic rings. The molecule has 0 aliphatic carbocycles. The van der Waals surface area contributed by atoms with Crippen molar-refractivity contribution in [3.63, 3.8) is 0 Å². The van der Waals surface area contributed by atoms with Gasteiger partial charge in [0.05, 0.1) is 0 Å². The van der Waals surface area contributed by atoms with Crippen LogP contribution in [-0.4, -0.2) is 21.4 Å². The molecule has 0 saturated heterocycles. The number of hydrogen-bond acceptors (Lipinski definition) is 3. The smallest absolute Gasteiger partial charge is 0.303 e. The van der Waals surface area contributed by atoms with E-state index in [1.807, 2.05) is 59.3 Å². The average Bonchev–Trinajstić information content (AvgIpc) is 3.31. The van der Waals surface area contributed by atoms with Gasteiger partial charge in [-0.1, -0.05) is 76.1 Å². The molecule has 4 aromatic rings. The van der Waals surface area contributed by atoms with Crippen molar-refractivity contribution >= 4 is 22.7 Å². The quantitative estimate of drug-likeness (QED) is 0.121. The highest BCUT2D eigenvalue weighted by Crippen LogP contribution is 2.29. The summed E-state index contributed by atoms with van der Waals surface area (Å²) in [7, 11) is 0. The fourth-order valence-corrected chi connectivity index (χ4v) is 5.23. The second-order valence-corrected chi connectivity index (χ2v) is 11.0. The van der Waals surface area contributed by atoms with Crippen molar-refractivity contribution < 1.29 is 19.4 Å². The van der Waals surface area contributed by atoms with Crippen LogP contribution in [0.3, 0.4) is 0 Å². The van der Waals surface area contributed by atoms with E-state index in [4.69, 9.17) is 9.84 Å². The molecular formula is C35H41NO4. The van der Waals surface area contributed by atoms with Gasteiger partial charge in [0.25, 0.3) is 0 Å². The van der Waals surface area contributed by atoms with E-state index in [2.05, 4.69) is 45.0 Å². The highest BCUT2D eigenvalue weighted by molar-refractivity contribution is 6.16.